The first-order valence-corrected chi connectivity index (χ1v) is 9.62. The number of nitrogens with zero attached hydrogens (tertiary/aromatic N) is 4. The van der Waals surface area contributed by atoms with E-state index in [0.29, 0.717) is 18.4 Å². The molecule has 0 spiro atoms. The van der Waals surface area contributed by atoms with Crippen LogP contribution in [0.1, 0.15) is 19.8 Å². The van der Waals surface area contributed by atoms with Crippen molar-refractivity contribution in [1.82, 2.24) is 14.7 Å². The molecule has 1 unspecified atom stereocenters. The van der Waals surface area contributed by atoms with Crippen molar-refractivity contribution in [2.75, 3.05) is 40.6 Å². The largest absolute Gasteiger partial charge is 0.379 e. The number of rotatable bonds is 7. The molecule has 1 atom stereocenters. The van der Waals surface area contributed by atoms with Gasteiger partial charge in [-0.25, -0.2) is 0 Å². The Bertz CT molecular complexity index is 861. The third-order valence-electron chi connectivity index (χ3n) is 5.41. The fraction of sp³-hybridized carbons (Fsp3) is 0.391. The zero-order chi connectivity index (χ0) is 21.6. The van der Waals surface area contributed by atoms with E-state index < -0.39 is 0 Å². The lowest BCUT2D eigenvalue weighted by atomic mass is 9.81. The molecule has 1 aliphatic carbocycles. The molecule has 2 rings (SSSR count). The van der Waals surface area contributed by atoms with Crippen molar-refractivity contribution in [2.45, 2.75) is 25.3 Å². The molecule has 1 N–H and O–H groups in total. The van der Waals surface area contributed by atoms with Crippen molar-refractivity contribution in [3.05, 3.63) is 65.7 Å². The van der Waals surface area contributed by atoms with E-state index in [1.54, 1.807) is 25.1 Å². The molecule has 154 valence electrons. The normalized spacial score (nSPS) is 19.2. The number of hydrogen-bond acceptors (Lipinski definition) is 5. The number of anilines is 1. The van der Waals surface area contributed by atoms with Gasteiger partial charge in [-0.2, -0.15) is 5.26 Å². The molecule has 1 aromatic rings. The van der Waals surface area contributed by atoms with E-state index in [1.165, 1.54) is 0 Å². The van der Waals surface area contributed by atoms with Gasteiger partial charge in [-0.15, -0.1) is 0 Å². The molecule has 0 saturated heterocycles. The maximum Gasteiger partial charge on any atom is 0.223 e. The lowest BCUT2D eigenvalue weighted by Gasteiger charge is -2.43. The quantitative estimate of drug-likeness (QED) is 0.720. The Kier molecular flexibility index (Phi) is 7.24. The summed E-state index contributed by atoms with van der Waals surface area (Å²) in [6.45, 7) is 1.56. The Labute approximate surface area is 174 Å². The van der Waals surface area contributed by atoms with Gasteiger partial charge in [0, 0.05) is 69.6 Å². The molecule has 0 fully saturated rings. The SMILES string of the molecule is CC(=O)N(C)C1=C(N(C)C)CC(CC(C#N)=CNc2ccccc2)(N(C)C)C=C1. The smallest absolute Gasteiger partial charge is 0.223 e. The van der Waals surface area contributed by atoms with Gasteiger partial charge >= 0.3 is 0 Å². The minimum Gasteiger partial charge on any atom is -0.379 e. The van der Waals surface area contributed by atoms with E-state index in [2.05, 4.69) is 27.3 Å². The summed E-state index contributed by atoms with van der Waals surface area (Å²) in [4.78, 5) is 17.8. The highest BCUT2D eigenvalue weighted by Gasteiger charge is 2.37. The van der Waals surface area contributed by atoms with Gasteiger partial charge < -0.3 is 15.1 Å². The summed E-state index contributed by atoms with van der Waals surface area (Å²) >= 11 is 0. The van der Waals surface area contributed by atoms with Gasteiger partial charge in [0.15, 0.2) is 0 Å². The van der Waals surface area contributed by atoms with Crippen LogP contribution in [0.25, 0.3) is 0 Å². The van der Waals surface area contributed by atoms with Gasteiger partial charge in [0.2, 0.25) is 5.91 Å². The molecule has 0 saturated carbocycles. The van der Waals surface area contributed by atoms with E-state index in [-0.39, 0.29) is 11.4 Å². The van der Waals surface area contributed by atoms with Crippen LogP contribution in [0.2, 0.25) is 0 Å². The second-order valence-corrected chi connectivity index (χ2v) is 7.78. The van der Waals surface area contributed by atoms with Crippen molar-refractivity contribution >= 4 is 11.6 Å². The highest BCUT2D eigenvalue weighted by molar-refractivity contribution is 5.76. The van der Waals surface area contributed by atoms with Crippen LogP contribution in [0.4, 0.5) is 5.69 Å². The number of benzene rings is 1. The second-order valence-electron chi connectivity index (χ2n) is 7.78. The minimum atomic E-state index is -0.360. The molecule has 6 heteroatoms. The summed E-state index contributed by atoms with van der Waals surface area (Å²) in [7, 11) is 9.81. The molecule has 29 heavy (non-hydrogen) atoms. The van der Waals surface area contributed by atoms with Crippen LogP contribution in [-0.4, -0.2) is 61.4 Å². The van der Waals surface area contributed by atoms with E-state index >= 15 is 0 Å². The Hall–Kier alpha value is -3.04. The molecule has 6 nitrogen and oxygen atoms in total. The Balaban J connectivity index is 2.34. The Morgan fingerprint density at radius 3 is 2.38 bits per heavy atom. The van der Waals surface area contributed by atoms with Crippen LogP contribution in [0.5, 0.6) is 0 Å². The van der Waals surface area contributed by atoms with Crippen LogP contribution < -0.4 is 5.32 Å². The third kappa shape index (κ3) is 5.27. The first kappa shape index (κ1) is 22.3. The van der Waals surface area contributed by atoms with E-state index in [1.807, 2.05) is 64.6 Å². The predicted molar refractivity (Wildman–Crippen MR) is 118 cm³/mol. The third-order valence-corrected chi connectivity index (χ3v) is 5.41. The zero-order valence-electron chi connectivity index (χ0n) is 18.2. The van der Waals surface area contributed by atoms with Crippen molar-refractivity contribution in [3.63, 3.8) is 0 Å². The number of nitrogens with one attached hydrogen (secondary N) is 1. The number of carbonyl (C=O) groups excluding carboxylic acids is 1. The summed E-state index contributed by atoms with van der Waals surface area (Å²) in [5.74, 6) is -0.00831. The van der Waals surface area contributed by atoms with Crippen LogP contribution in [0.3, 0.4) is 0 Å². The average Bonchev–Trinajstić information content (AvgIpc) is 2.70. The first-order valence-electron chi connectivity index (χ1n) is 9.62. The summed E-state index contributed by atoms with van der Waals surface area (Å²) in [5, 5.41) is 13.0. The summed E-state index contributed by atoms with van der Waals surface area (Å²) in [6, 6.07) is 12.1. The van der Waals surface area contributed by atoms with Crippen molar-refractivity contribution in [2.24, 2.45) is 0 Å². The number of nitriles is 1. The van der Waals surface area contributed by atoms with Crippen molar-refractivity contribution < 1.29 is 4.79 Å². The molecule has 0 radical (unpaired) electrons. The van der Waals surface area contributed by atoms with Gasteiger partial charge in [-0.1, -0.05) is 24.3 Å². The fourth-order valence-electron chi connectivity index (χ4n) is 3.38. The number of para-hydroxylation sites is 1. The van der Waals surface area contributed by atoms with E-state index in [0.717, 1.165) is 17.1 Å². The Morgan fingerprint density at radius 2 is 1.86 bits per heavy atom. The first-order chi connectivity index (χ1) is 13.7. The van der Waals surface area contributed by atoms with Gasteiger partial charge in [0.25, 0.3) is 0 Å². The number of hydrogen-bond donors (Lipinski definition) is 1. The molecule has 1 aromatic carbocycles. The second kappa shape index (κ2) is 9.44. The lowest BCUT2D eigenvalue weighted by molar-refractivity contribution is -0.125. The zero-order valence-corrected chi connectivity index (χ0v) is 18.2. The summed E-state index contributed by atoms with van der Waals surface area (Å²) in [5.41, 5.74) is 3.20. The van der Waals surface area contributed by atoms with Crippen LogP contribution >= 0.6 is 0 Å². The molecular formula is C23H31N5O. The molecule has 0 bridgehead atoms. The highest BCUT2D eigenvalue weighted by atomic mass is 16.2. The predicted octanol–water partition coefficient (Wildman–Crippen LogP) is 3.41. The number of likely N-dealkylation sites (N-methyl/N-ethyl adjacent to an activating group) is 2. The molecular weight excluding hydrogens is 362 g/mol. The Morgan fingerprint density at radius 1 is 1.21 bits per heavy atom. The standard InChI is InChI=1S/C23H31N5O/c1-18(29)28(6)21-12-13-23(27(4)5,15-22(21)26(2)3)14-19(16-24)17-25-20-10-8-7-9-11-20/h7-13,17,25H,14-15H2,1-6H3. The number of carbonyl (C=O) groups is 1. The maximum atomic E-state index is 11.9. The van der Waals surface area contributed by atoms with Gasteiger partial charge in [0.05, 0.1) is 11.8 Å². The maximum absolute atomic E-state index is 11.9. The topological polar surface area (TPSA) is 62.6 Å². The highest BCUT2D eigenvalue weighted by Crippen LogP contribution is 2.37. The van der Waals surface area contributed by atoms with Gasteiger partial charge in [0.1, 0.15) is 0 Å². The van der Waals surface area contributed by atoms with Gasteiger partial charge in [-0.3, -0.25) is 9.69 Å². The van der Waals surface area contributed by atoms with Crippen molar-refractivity contribution in [1.29, 1.82) is 5.26 Å². The molecule has 0 aromatic heterocycles. The van der Waals surface area contributed by atoms with Crippen LogP contribution in [0, 0.1) is 11.3 Å². The molecule has 0 aliphatic heterocycles. The molecule has 1 amide bonds. The minimum absolute atomic E-state index is 0.00831. The average molecular weight is 394 g/mol. The van der Waals surface area contributed by atoms with Crippen molar-refractivity contribution in [3.8, 4) is 6.07 Å². The molecule has 1 aliphatic rings. The summed E-state index contributed by atoms with van der Waals surface area (Å²) < 4.78 is 0. The monoisotopic (exact) mass is 393 g/mol. The van der Waals surface area contributed by atoms with E-state index in [4.69, 9.17) is 0 Å². The number of amides is 1. The van der Waals surface area contributed by atoms with E-state index in [9.17, 15) is 10.1 Å². The lowest BCUT2D eigenvalue weighted by Crippen LogP contribution is -2.46. The number of allylic oxidation sites excluding steroid dienone is 1. The van der Waals surface area contributed by atoms with Gasteiger partial charge in [-0.05, 0) is 32.3 Å². The van der Waals surface area contributed by atoms with Crippen LogP contribution in [-0.2, 0) is 4.79 Å². The molecule has 0 heterocycles. The summed E-state index contributed by atoms with van der Waals surface area (Å²) in [6.07, 6.45) is 7.15. The fourth-order valence-corrected chi connectivity index (χ4v) is 3.38. The van der Waals surface area contributed by atoms with Crippen LogP contribution in [0.15, 0.2) is 65.7 Å².